The average molecular weight is 854 g/mol. The minimum atomic E-state index is -0.644. The van der Waals surface area contributed by atoms with Crippen molar-refractivity contribution in [2.45, 2.75) is 62.8 Å². The lowest BCUT2D eigenvalue weighted by atomic mass is 9.96. The van der Waals surface area contributed by atoms with Gasteiger partial charge in [0.25, 0.3) is 11.1 Å². The van der Waals surface area contributed by atoms with Gasteiger partial charge in [-0.2, -0.15) is 0 Å². The standard InChI is InChI=1S/C52H51N7O5/c1-34(28-39-12-6-35(7-13-39)2-3-37-10-16-41(17-11-37)31-59-24-26-63-27-25-59)46-50(52(62)58-32-55-46)64-49-44(45(49)47-48(60)51(61)57-33-56-47)42-20-18-38(19-21-42)5-4-36-8-14-40(15-9-36)29-54-43-22-23-53-30-43/h6-21,32-34,43-45,49,53-54,60H,22-31H2,1H3,(H,55,58,62)(H,56,57,61)/t34?,43-,44?,45?,49?/m1/s1. The number of aromatic nitrogens is 4. The van der Waals surface area contributed by atoms with Crippen molar-refractivity contribution in [1.82, 2.24) is 35.5 Å². The van der Waals surface area contributed by atoms with E-state index in [1.54, 1.807) is 0 Å². The van der Waals surface area contributed by atoms with Crippen LogP contribution in [0.25, 0.3) is 0 Å². The predicted octanol–water partition coefficient (Wildman–Crippen LogP) is 5.32. The summed E-state index contributed by atoms with van der Waals surface area (Å²) in [6, 6.07) is 33.2. The normalized spacial score (nSPS) is 19.8. The number of nitrogens with zero attached hydrogens (tertiary/aromatic N) is 3. The predicted molar refractivity (Wildman–Crippen MR) is 245 cm³/mol. The molecule has 2 saturated heterocycles. The van der Waals surface area contributed by atoms with Crippen LogP contribution in [0.1, 0.15) is 87.0 Å². The highest BCUT2D eigenvalue weighted by Gasteiger charge is 2.57. The van der Waals surface area contributed by atoms with Crippen LogP contribution in [-0.4, -0.2) is 81.5 Å². The molecule has 5 atom stereocenters. The Morgan fingerprint density at radius 2 is 1.34 bits per heavy atom. The van der Waals surface area contributed by atoms with E-state index in [0.717, 1.165) is 92.3 Å². The van der Waals surface area contributed by atoms with Gasteiger partial charge in [0.05, 0.1) is 43.2 Å². The fourth-order valence-electron chi connectivity index (χ4n) is 8.56. The highest BCUT2D eigenvalue weighted by atomic mass is 16.5. The number of morpholine rings is 1. The molecule has 3 aliphatic rings. The van der Waals surface area contributed by atoms with Crippen LogP contribution in [0.5, 0.6) is 11.5 Å². The third-order valence-corrected chi connectivity index (χ3v) is 12.3. The molecule has 1 aliphatic carbocycles. The third-order valence-electron chi connectivity index (χ3n) is 12.3. The number of aromatic amines is 2. The van der Waals surface area contributed by atoms with Gasteiger partial charge in [0, 0.05) is 72.9 Å². The zero-order valence-corrected chi connectivity index (χ0v) is 35.8. The average Bonchev–Trinajstić information content (AvgIpc) is 3.76. The molecule has 64 heavy (non-hydrogen) atoms. The maximum Gasteiger partial charge on any atom is 0.293 e. The Balaban J connectivity index is 0.867. The quantitative estimate of drug-likeness (QED) is 0.102. The van der Waals surface area contributed by atoms with Gasteiger partial charge in [-0.15, -0.1) is 0 Å². The molecule has 3 fully saturated rings. The first-order chi connectivity index (χ1) is 31.3. The van der Waals surface area contributed by atoms with Gasteiger partial charge in [0.15, 0.2) is 0 Å². The fraction of sp³-hybridized carbons (Fsp3) is 0.308. The molecule has 0 bridgehead atoms. The van der Waals surface area contributed by atoms with Gasteiger partial charge in [-0.05, 0) is 90.2 Å². The molecule has 2 aromatic heterocycles. The molecule has 4 unspecified atom stereocenters. The van der Waals surface area contributed by atoms with Crippen LogP contribution >= 0.6 is 0 Å². The van der Waals surface area contributed by atoms with Crippen molar-refractivity contribution in [2.75, 3.05) is 39.4 Å². The smallest absolute Gasteiger partial charge is 0.293 e. The zero-order chi connectivity index (χ0) is 43.8. The second-order valence-corrected chi connectivity index (χ2v) is 16.8. The maximum absolute atomic E-state index is 13.5. The first kappa shape index (κ1) is 42.5. The van der Waals surface area contributed by atoms with Crippen LogP contribution < -0.4 is 26.5 Å². The van der Waals surface area contributed by atoms with Gasteiger partial charge < -0.3 is 35.2 Å². The van der Waals surface area contributed by atoms with Gasteiger partial charge in [-0.1, -0.05) is 79.1 Å². The molecule has 1 saturated carbocycles. The van der Waals surface area contributed by atoms with E-state index >= 15 is 0 Å². The van der Waals surface area contributed by atoms with Crippen LogP contribution in [0.15, 0.2) is 119 Å². The summed E-state index contributed by atoms with van der Waals surface area (Å²) in [6.07, 6.45) is 3.80. The molecule has 6 aromatic rings. The van der Waals surface area contributed by atoms with Crippen molar-refractivity contribution >= 4 is 0 Å². The first-order valence-corrected chi connectivity index (χ1v) is 22.0. The third kappa shape index (κ3) is 10.3. The fourth-order valence-corrected chi connectivity index (χ4v) is 8.56. The van der Waals surface area contributed by atoms with E-state index < -0.39 is 28.9 Å². The van der Waals surface area contributed by atoms with Crippen molar-refractivity contribution in [3.05, 3.63) is 186 Å². The van der Waals surface area contributed by atoms with E-state index in [1.165, 1.54) is 23.8 Å². The van der Waals surface area contributed by atoms with Crippen LogP contribution in [-0.2, 0) is 24.2 Å². The molecule has 4 aromatic carbocycles. The Hall–Kier alpha value is -6.80. The van der Waals surface area contributed by atoms with E-state index in [0.29, 0.717) is 18.2 Å². The van der Waals surface area contributed by atoms with E-state index in [2.05, 4.69) is 95.5 Å². The molecule has 12 heteroatoms. The Kier molecular flexibility index (Phi) is 13.1. The summed E-state index contributed by atoms with van der Waals surface area (Å²) in [7, 11) is 0. The van der Waals surface area contributed by atoms with Gasteiger partial charge in [0.1, 0.15) is 6.10 Å². The number of rotatable bonds is 12. The molecule has 4 heterocycles. The molecular weight excluding hydrogens is 803 g/mol. The molecule has 0 radical (unpaired) electrons. The monoisotopic (exact) mass is 853 g/mol. The van der Waals surface area contributed by atoms with Crippen molar-refractivity contribution < 1.29 is 14.6 Å². The lowest BCUT2D eigenvalue weighted by Gasteiger charge is -2.26. The summed E-state index contributed by atoms with van der Waals surface area (Å²) < 4.78 is 12.0. The van der Waals surface area contributed by atoms with Gasteiger partial charge in [-0.25, -0.2) is 9.97 Å². The van der Waals surface area contributed by atoms with Crippen LogP contribution in [0, 0.1) is 23.7 Å². The van der Waals surface area contributed by atoms with Gasteiger partial charge in [-0.3, -0.25) is 14.5 Å². The topological polar surface area (TPSA) is 157 Å². The maximum atomic E-state index is 13.5. The number of H-pyrrole nitrogens is 2. The summed E-state index contributed by atoms with van der Waals surface area (Å²) in [5.41, 5.74) is 7.73. The number of aromatic hydroxyl groups is 1. The number of benzene rings is 4. The molecule has 0 amide bonds. The lowest BCUT2D eigenvalue weighted by Crippen LogP contribution is -2.35. The molecule has 0 spiro atoms. The summed E-state index contributed by atoms with van der Waals surface area (Å²) in [4.78, 5) is 42.4. The van der Waals surface area contributed by atoms with E-state index in [4.69, 9.17) is 9.47 Å². The highest BCUT2D eigenvalue weighted by molar-refractivity contribution is 5.49. The van der Waals surface area contributed by atoms with Crippen molar-refractivity contribution in [2.24, 2.45) is 0 Å². The minimum Gasteiger partial charge on any atom is -0.502 e. The number of hydrogen-bond acceptors (Lipinski definition) is 10. The largest absolute Gasteiger partial charge is 0.502 e. The number of hydrogen-bond donors (Lipinski definition) is 5. The molecular formula is C52H51N7O5. The van der Waals surface area contributed by atoms with Gasteiger partial charge in [0.2, 0.25) is 11.5 Å². The zero-order valence-electron chi connectivity index (χ0n) is 35.8. The second kappa shape index (κ2) is 19.7. The van der Waals surface area contributed by atoms with Crippen LogP contribution in [0.3, 0.4) is 0 Å². The minimum absolute atomic E-state index is 0.107. The highest BCUT2D eigenvalue weighted by Crippen LogP contribution is 2.57. The summed E-state index contributed by atoms with van der Waals surface area (Å²) in [5.74, 6) is 11.7. The van der Waals surface area contributed by atoms with Crippen LogP contribution in [0.2, 0.25) is 0 Å². The Bertz CT molecular complexity index is 2790. The summed E-state index contributed by atoms with van der Waals surface area (Å²) in [5, 5.41) is 17.8. The number of ether oxygens (including phenoxy) is 2. The first-order valence-electron chi connectivity index (χ1n) is 22.0. The Morgan fingerprint density at radius 3 is 1.97 bits per heavy atom. The molecule has 5 N–H and O–H groups in total. The van der Waals surface area contributed by atoms with Gasteiger partial charge >= 0.3 is 0 Å². The number of nitrogens with one attached hydrogen (secondary N) is 4. The van der Waals surface area contributed by atoms with E-state index in [1.807, 2.05) is 67.6 Å². The second-order valence-electron chi connectivity index (χ2n) is 16.8. The van der Waals surface area contributed by atoms with E-state index in [-0.39, 0.29) is 23.3 Å². The SMILES string of the molecule is CC(Cc1ccc(C#Cc2ccc(CN3CCOCC3)cc2)cc1)c1nc[nH]c(=O)c1OC1C(c2ccc(C#Cc3ccc(CN[C@@H]4CCNC4)cc3)cc2)C1c1nc[nH]c(=O)c1O. The lowest BCUT2D eigenvalue weighted by molar-refractivity contribution is 0.0342. The molecule has 9 rings (SSSR count). The Labute approximate surface area is 372 Å². The van der Waals surface area contributed by atoms with Crippen molar-refractivity contribution in [3.63, 3.8) is 0 Å². The summed E-state index contributed by atoms with van der Waals surface area (Å²) >= 11 is 0. The molecule has 2 aliphatic heterocycles. The Morgan fingerprint density at radius 1 is 0.766 bits per heavy atom. The van der Waals surface area contributed by atoms with Crippen LogP contribution in [0.4, 0.5) is 0 Å². The summed E-state index contributed by atoms with van der Waals surface area (Å²) in [6.45, 7) is 9.31. The van der Waals surface area contributed by atoms with Crippen molar-refractivity contribution in [3.8, 4) is 35.2 Å². The van der Waals surface area contributed by atoms with E-state index in [9.17, 15) is 14.7 Å². The molecule has 12 nitrogen and oxygen atoms in total. The van der Waals surface area contributed by atoms with Crippen molar-refractivity contribution in [1.29, 1.82) is 0 Å². The molecule has 324 valence electrons.